The summed E-state index contributed by atoms with van der Waals surface area (Å²) in [4.78, 5) is 3.67. The summed E-state index contributed by atoms with van der Waals surface area (Å²) in [6.45, 7) is 0.615. The summed E-state index contributed by atoms with van der Waals surface area (Å²) in [5.74, 6) is 0. The van der Waals surface area contributed by atoms with Crippen LogP contribution < -0.4 is 5.73 Å². The van der Waals surface area contributed by atoms with Gasteiger partial charge in [-0.2, -0.15) is 0 Å². The van der Waals surface area contributed by atoms with Gasteiger partial charge in [0.25, 0.3) is 0 Å². The van der Waals surface area contributed by atoms with E-state index in [4.69, 9.17) is 17.3 Å². The highest BCUT2D eigenvalue weighted by atomic mass is 35.5. The molecule has 0 aliphatic rings. The lowest BCUT2D eigenvalue weighted by Crippen LogP contribution is -1.90. The first-order valence-corrected chi connectivity index (χ1v) is 5.85. The number of rotatable bonds is 2. The summed E-state index contributed by atoms with van der Waals surface area (Å²) in [6, 6.07) is 8.12. The fourth-order valence-corrected chi connectivity index (χ4v) is 3.09. The van der Waals surface area contributed by atoms with Gasteiger partial charge in [0, 0.05) is 21.2 Å². The highest BCUT2D eigenvalue weighted by Crippen LogP contribution is 2.35. The first-order chi connectivity index (χ1) is 6.29. The smallest absolute Gasteiger partial charge is 0.0935 e. The molecule has 0 atom stereocenters. The Kier molecular flexibility index (Phi) is 2.69. The van der Waals surface area contributed by atoms with Gasteiger partial charge in [0.05, 0.1) is 4.34 Å². The van der Waals surface area contributed by atoms with Crippen molar-refractivity contribution in [3.63, 3.8) is 0 Å². The molecule has 0 fully saturated rings. The van der Waals surface area contributed by atoms with Crippen LogP contribution in [0.4, 0.5) is 0 Å². The Morgan fingerprint density at radius 2 is 1.77 bits per heavy atom. The van der Waals surface area contributed by atoms with Crippen LogP contribution in [-0.4, -0.2) is 0 Å². The molecule has 0 spiro atoms. The third-order valence-corrected chi connectivity index (χ3v) is 4.21. The second-order valence-corrected chi connectivity index (χ2v) is 5.46. The zero-order chi connectivity index (χ0) is 9.26. The second kappa shape index (κ2) is 3.80. The highest BCUT2D eigenvalue weighted by molar-refractivity contribution is 7.24. The molecule has 0 bridgehead atoms. The van der Waals surface area contributed by atoms with Crippen molar-refractivity contribution in [2.45, 2.75) is 6.54 Å². The van der Waals surface area contributed by atoms with Crippen molar-refractivity contribution in [1.82, 2.24) is 0 Å². The maximum atomic E-state index is 5.85. The van der Waals surface area contributed by atoms with Crippen LogP contribution in [0.5, 0.6) is 0 Å². The quantitative estimate of drug-likeness (QED) is 0.837. The Labute approximate surface area is 89.8 Å². The van der Waals surface area contributed by atoms with Gasteiger partial charge in [0.15, 0.2) is 0 Å². The van der Waals surface area contributed by atoms with E-state index < -0.39 is 0 Å². The third-order valence-electron chi connectivity index (χ3n) is 1.68. The molecule has 2 N–H and O–H groups in total. The van der Waals surface area contributed by atoms with Crippen molar-refractivity contribution < 1.29 is 0 Å². The van der Waals surface area contributed by atoms with Gasteiger partial charge in [0.1, 0.15) is 0 Å². The summed E-state index contributed by atoms with van der Waals surface area (Å²) >= 11 is 9.18. The van der Waals surface area contributed by atoms with Gasteiger partial charge in [-0.05, 0) is 24.3 Å². The van der Waals surface area contributed by atoms with E-state index in [-0.39, 0.29) is 0 Å². The normalized spacial score (nSPS) is 10.6. The zero-order valence-electron chi connectivity index (χ0n) is 6.79. The van der Waals surface area contributed by atoms with Crippen molar-refractivity contribution >= 4 is 34.3 Å². The van der Waals surface area contributed by atoms with Crippen LogP contribution in [0.25, 0.3) is 9.75 Å². The Hall–Kier alpha value is -0.350. The highest BCUT2D eigenvalue weighted by Gasteiger charge is 2.04. The molecule has 0 saturated carbocycles. The van der Waals surface area contributed by atoms with E-state index in [9.17, 15) is 0 Å². The van der Waals surface area contributed by atoms with Gasteiger partial charge in [-0.3, -0.25) is 0 Å². The first-order valence-electron chi connectivity index (χ1n) is 3.84. The standard InChI is InChI=1S/C9H8ClNS2/c10-9-4-3-8(13-9)7-2-1-6(5-11)12-7/h1-4H,5,11H2. The summed E-state index contributed by atoms with van der Waals surface area (Å²) in [5, 5.41) is 0. The molecule has 13 heavy (non-hydrogen) atoms. The van der Waals surface area contributed by atoms with Crippen LogP contribution in [0.15, 0.2) is 24.3 Å². The van der Waals surface area contributed by atoms with E-state index in [1.807, 2.05) is 12.1 Å². The van der Waals surface area contributed by atoms with Crippen LogP contribution in [0.1, 0.15) is 4.88 Å². The molecule has 2 rings (SSSR count). The predicted molar refractivity (Wildman–Crippen MR) is 60.5 cm³/mol. The SMILES string of the molecule is NCc1ccc(-c2ccc(Cl)s2)s1. The minimum atomic E-state index is 0.615. The number of halogens is 1. The average Bonchev–Trinajstić information content (AvgIpc) is 2.71. The molecule has 4 heteroatoms. The lowest BCUT2D eigenvalue weighted by molar-refractivity contribution is 1.11. The average molecular weight is 230 g/mol. The van der Waals surface area contributed by atoms with E-state index >= 15 is 0 Å². The minimum absolute atomic E-state index is 0.615. The third kappa shape index (κ3) is 1.94. The molecule has 0 aliphatic carbocycles. The number of thiophene rings is 2. The molecule has 2 heterocycles. The Morgan fingerprint density at radius 1 is 1.08 bits per heavy atom. The van der Waals surface area contributed by atoms with Gasteiger partial charge in [-0.1, -0.05) is 11.6 Å². The molecule has 0 aromatic carbocycles. The van der Waals surface area contributed by atoms with Gasteiger partial charge in [0.2, 0.25) is 0 Å². The second-order valence-electron chi connectivity index (χ2n) is 2.57. The predicted octanol–water partition coefficient (Wildman–Crippen LogP) is 3.59. The summed E-state index contributed by atoms with van der Waals surface area (Å²) < 4.78 is 0.831. The van der Waals surface area contributed by atoms with E-state index in [1.165, 1.54) is 14.6 Å². The van der Waals surface area contributed by atoms with Crippen molar-refractivity contribution in [3.8, 4) is 9.75 Å². The molecule has 0 saturated heterocycles. The molecule has 0 aliphatic heterocycles. The fraction of sp³-hybridized carbons (Fsp3) is 0.111. The molecular weight excluding hydrogens is 222 g/mol. The summed E-state index contributed by atoms with van der Waals surface area (Å²) in [6.07, 6.45) is 0. The number of nitrogens with two attached hydrogens (primary N) is 1. The molecule has 2 aromatic heterocycles. The Morgan fingerprint density at radius 3 is 2.31 bits per heavy atom. The van der Waals surface area contributed by atoms with Gasteiger partial charge >= 0.3 is 0 Å². The van der Waals surface area contributed by atoms with Crippen molar-refractivity contribution in [1.29, 1.82) is 0 Å². The lowest BCUT2D eigenvalue weighted by atomic mass is 10.4. The summed E-state index contributed by atoms with van der Waals surface area (Å²) in [7, 11) is 0. The molecule has 0 radical (unpaired) electrons. The summed E-state index contributed by atoms with van der Waals surface area (Å²) in [5.41, 5.74) is 5.53. The largest absolute Gasteiger partial charge is 0.326 e. The van der Waals surface area contributed by atoms with Crippen molar-refractivity contribution in [2.75, 3.05) is 0 Å². The van der Waals surface area contributed by atoms with E-state index in [0.717, 1.165) is 4.34 Å². The Balaban J connectivity index is 2.35. The van der Waals surface area contributed by atoms with Crippen molar-refractivity contribution in [2.24, 2.45) is 5.73 Å². The number of hydrogen-bond acceptors (Lipinski definition) is 3. The molecule has 68 valence electrons. The topological polar surface area (TPSA) is 26.0 Å². The molecule has 1 nitrogen and oxygen atoms in total. The Bertz CT molecular complexity index is 405. The van der Waals surface area contributed by atoms with Crippen LogP contribution in [-0.2, 0) is 6.54 Å². The van der Waals surface area contributed by atoms with Gasteiger partial charge < -0.3 is 5.73 Å². The molecule has 2 aromatic rings. The number of hydrogen-bond donors (Lipinski definition) is 1. The van der Waals surface area contributed by atoms with E-state index in [0.29, 0.717) is 6.54 Å². The maximum absolute atomic E-state index is 5.85. The fourth-order valence-electron chi connectivity index (χ4n) is 1.07. The zero-order valence-corrected chi connectivity index (χ0v) is 9.18. The van der Waals surface area contributed by atoms with Crippen LogP contribution in [0, 0.1) is 0 Å². The first kappa shape index (κ1) is 9.21. The minimum Gasteiger partial charge on any atom is -0.326 e. The lowest BCUT2D eigenvalue weighted by Gasteiger charge is -1.88. The van der Waals surface area contributed by atoms with Crippen LogP contribution in [0.3, 0.4) is 0 Å². The monoisotopic (exact) mass is 229 g/mol. The maximum Gasteiger partial charge on any atom is 0.0935 e. The van der Waals surface area contributed by atoms with E-state index in [2.05, 4.69) is 12.1 Å². The molecule has 0 amide bonds. The molecular formula is C9H8ClNS2. The van der Waals surface area contributed by atoms with E-state index in [1.54, 1.807) is 22.7 Å². The molecule has 0 unspecified atom stereocenters. The van der Waals surface area contributed by atoms with Crippen molar-refractivity contribution in [3.05, 3.63) is 33.5 Å². The van der Waals surface area contributed by atoms with Gasteiger partial charge in [-0.15, -0.1) is 22.7 Å². The van der Waals surface area contributed by atoms with Crippen LogP contribution in [0.2, 0.25) is 4.34 Å². The van der Waals surface area contributed by atoms with Crippen LogP contribution >= 0.6 is 34.3 Å². The van der Waals surface area contributed by atoms with Gasteiger partial charge in [-0.25, -0.2) is 0 Å².